The number of amides is 2. The molecule has 4 aromatic carbocycles. The van der Waals surface area contributed by atoms with Gasteiger partial charge in [0, 0.05) is 38.3 Å². The molecule has 0 atom stereocenters. The minimum absolute atomic E-state index is 0.0284. The van der Waals surface area contributed by atoms with Gasteiger partial charge in [0.05, 0.1) is 63.6 Å². The third-order valence-corrected chi connectivity index (χ3v) is 17.0. The van der Waals surface area contributed by atoms with Crippen molar-refractivity contribution in [3.63, 3.8) is 0 Å². The zero-order valence-electron chi connectivity index (χ0n) is 40.5. The van der Waals surface area contributed by atoms with Crippen molar-refractivity contribution in [2.75, 3.05) is 31.2 Å². The number of carbonyl (C=O) groups excluding carboxylic acids is 4. The van der Waals surface area contributed by atoms with E-state index in [0.717, 1.165) is 32.9 Å². The van der Waals surface area contributed by atoms with Crippen LogP contribution in [0.5, 0.6) is 34.5 Å². The highest BCUT2D eigenvalue weighted by atomic mass is 79.9. The minimum Gasteiger partial charge on any atom is -0.507 e. The number of hydrogen-bond acceptors (Lipinski definition) is 16. The number of sulfonamides is 2. The maximum absolute atomic E-state index is 13.3. The van der Waals surface area contributed by atoms with E-state index in [1.165, 1.54) is 57.6 Å². The van der Waals surface area contributed by atoms with Gasteiger partial charge in [-0.2, -0.15) is 28.8 Å². The maximum atomic E-state index is 13.3. The van der Waals surface area contributed by atoms with Gasteiger partial charge >= 0.3 is 3.18 Å². The fourth-order valence-electron chi connectivity index (χ4n) is 7.65. The van der Waals surface area contributed by atoms with Gasteiger partial charge in [-0.25, -0.2) is 34.4 Å². The summed E-state index contributed by atoms with van der Waals surface area (Å²) in [5.74, 6) is -4.67. The van der Waals surface area contributed by atoms with Crippen molar-refractivity contribution in [1.29, 1.82) is 0 Å². The van der Waals surface area contributed by atoms with Crippen LogP contribution in [0.15, 0.2) is 80.7 Å². The number of methoxy groups -OCH3 is 1. The highest BCUT2D eigenvalue weighted by molar-refractivity contribution is 9.69. The third kappa shape index (κ3) is 14.9. The average molecular weight is 1420 g/mol. The number of anilines is 2. The summed E-state index contributed by atoms with van der Waals surface area (Å²) in [6, 6.07) is 11.3. The van der Waals surface area contributed by atoms with Crippen LogP contribution in [0.4, 0.5) is 28.9 Å². The number of nitrogens with zero attached hydrogens (tertiary/aromatic N) is 6. The number of Topliss-reactive ketones (excluding diaryl/α,β-unsaturated/α-hetero) is 2. The van der Waals surface area contributed by atoms with Gasteiger partial charge in [-0.15, -0.1) is 47.3 Å². The number of hydrogen-bond donors (Lipinski definition) is 3. The molecule has 2 saturated carbocycles. The number of phenolic OH excluding ortho intramolecular Hbond substituents is 1. The Morgan fingerprint density at radius 2 is 0.975 bits per heavy atom. The Labute approximate surface area is 493 Å². The fraction of sp³-hybridized carbons (Fsp3) is 0.333. The second-order valence-electron chi connectivity index (χ2n) is 17.2. The van der Waals surface area contributed by atoms with Crippen LogP contribution in [-0.2, 0) is 39.2 Å². The number of carbonyl (C=O) groups is 4. The van der Waals surface area contributed by atoms with Gasteiger partial charge in [-0.05, 0) is 74.2 Å². The van der Waals surface area contributed by atoms with E-state index in [2.05, 4.69) is 57.5 Å². The molecule has 4 aromatic rings. The van der Waals surface area contributed by atoms with E-state index in [9.17, 15) is 68.9 Å². The summed E-state index contributed by atoms with van der Waals surface area (Å²) in [5, 5.41) is 36.7. The predicted octanol–water partition coefficient (Wildman–Crippen LogP) is 9.58. The average Bonchev–Trinajstić information content (AvgIpc) is 3.36. The molecule has 2 aliphatic carbocycles. The number of phenols is 1. The molecule has 2 fully saturated rings. The van der Waals surface area contributed by atoms with E-state index in [1.807, 2.05) is 0 Å². The van der Waals surface area contributed by atoms with Crippen LogP contribution < -0.4 is 24.2 Å². The van der Waals surface area contributed by atoms with Gasteiger partial charge in [0.25, 0.3) is 24.7 Å². The Hall–Kier alpha value is -4.18. The molecule has 3 N–H and O–H groups in total. The van der Waals surface area contributed by atoms with Crippen molar-refractivity contribution in [3.05, 3.63) is 80.8 Å². The van der Waals surface area contributed by atoms with Gasteiger partial charge in [-0.1, -0.05) is 46.4 Å². The second kappa shape index (κ2) is 26.4. The van der Waals surface area contributed by atoms with E-state index in [1.54, 1.807) is 0 Å². The maximum Gasteiger partial charge on any atom is 0.369 e. The SMILES string of the molecule is BrB(Br)Br.CN(C1CC(O)C1)S(=O)(=O)c1cc(Oc2c(Cl)cc(N3N=C(C(F)F)C(=O)CC3=O)cc2Cl)ccc1O.COc1ccc(Oc2c(Cl)cc(N3N=C(C(F)F)C(=O)CC3=O)cc2Cl)cc1S(=O)(=O)N(C)C1CC(O)C1. The van der Waals surface area contributed by atoms with E-state index in [-0.39, 0.29) is 87.2 Å². The van der Waals surface area contributed by atoms with E-state index >= 15 is 0 Å². The number of halogens is 11. The van der Waals surface area contributed by atoms with Gasteiger partial charge in [0.2, 0.25) is 20.0 Å². The molecule has 0 radical (unpaired) electrons. The highest BCUT2D eigenvalue weighted by Gasteiger charge is 2.41. The first-order valence-corrected chi connectivity index (χ1v) is 29.5. The first-order valence-electron chi connectivity index (χ1n) is 22.4. The summed E-state index contributed by atoms with van der Waals surface area (Å²) in [5.41, 5.74) is -2.32. The molecule has 8 rings (SSSR count). The molecule has 0 saturated heterocycles. The largest absolute Gasteiger partial charge is 0.507 e. The molecular formula is C45H40BBr3Cl4F4N6O14S2. The lowest BCUT2D eigenvalue weighted by Crippen LogP contribution is -2.47. The molecule has 2 aliphatic heterocycles. The number of ether oxygens (including phenoxy) is 3. The van der Waals surface area contributed by atoms with Crippen LogP contribution in [0.25, 0.3) is 0 Å². The Bertz CT molecular complexity index is 3310. The Morgan fingerprint density at radius 1 is 0.633 bits per heavy atom. The molecule has 426 valence electrons. The smallest absolute Gasteiger partial charge is 0.369 e. The van der Waals surface area contributed by atoms with Gasteiger partial charge in [-0.3, -0.25) is 19.2 Å². The topological polar surface area (TPSA) is 263 Å². The molecule has 0 spiro atoms. The summed E-state index contributed by atoms with van der Waals surface area (Å²) in [4.78, 5) is 47.2. The molecular weight excluding hydrogens is 1380 g/mol. The summed E-state index contributed by atoms with van der Waals surface area (Å²) >= 11 is 34.5. The standard InChI is InChI=1S/C23H21Cl2F2N3O7S.C22H19Cl2F2N3O7S.BBr3/c1-29(11-5-13(31)6-11)38(34,35)19-9-14(3-4-18(19)36-2)37-22-15(24)7-12(8-16(22)25)30-20(33)10-17(32)21(28-30)23(26)27;1-28(10-4-12(30)5-10)37(34,35)18-8-13(2-3-16(18)31)36-21-14(23)6-11(7-15(21)24)29-19(33)9-17(32)20(27-29)22(25)26;2-1(3)4/h3-4,7-9,11,13,23,31H,5-6,10H2,1-2H3;2-3,6-8,10,12,22,30-31H,4-5,9H2,1H3;. The van der Waals surface area contributed by atoms with Crippen molar-refractivity contribution in [2.24, 2.45) is 10.2 Å². The van der Waals surface area contributed by atoms with Crippen LogP contribution in [-0.4, -0.2) is 137 Å². The number of benzene rings is 4. The summed E-state index contributed by atoms with van der Waals surface area (Å²) in [7, 11) is -4.14. The van der Waals surface area contributed by atoms with Crippen LogP contribution in [0, 0.1) is 0 Å². The van der Waals surface area contributed by atoms with E-state index in [4.69, 9.17) is 60.6 Å². The van der Waals surface area contributed by atoms with Gasteiger partial charge in [0.15, 0.2) is 34.5 Å². The monoisotopic (exact) mass is 1420 g/mol. The highest BCUT2D eigenvalue weighted by Crippen LogP contribution is 2.44. The van der Waals surface area contributed by atoms with Gasteiger partial charge < -0.3 is 29.5 Å². The third-order valence-electron chi connectivity index (χ3n) is 12.0. The predicted molar refractivity (Wildman–Crippen MR) is 296 cm³/mol. The molecule has 0 unspecified atom stereocenters. The number of aromatic hydroxyl groups is 1. The Kier molecular flexibility index (Phi) is 21.4. The molecule has 0 bridgehead atoms. The lowest BCUT2D eigenvalue weighted by Gasteiger charge is -2.37. The summed E-state index contributed by atoms with van der Waals surface area (Å²) in [6.45, 7) is 0. The number of ketones is 2. The normalized spacial score (nSPS) is 19.5. The molecule has 0 aromatic heterocycles. The van der Waals surface area contributed by atoms with Crippen LogP contribution >= 0.6 is 93.7 Å². The molecule has 4 aliphatic rings. The first-order chi connectivity index (χ1) is 36.8. The minimum atomic E-state index is -4.15. The van der Waals surface area contributed by atoms with E-state index < -0.39 is 109 Å². The quantitative estimate of drug-likeness (QED) is 0.0569. The van der Waals surface area contributed by atoms with Crippen LogP contribution in [0.3, 0.4) is 0 Å². The van der Waals surface area contributed by atoms with Crippen molar-refractivity contribution in [2.45, 2.75) is 85.5 Å². The number of aliphatic hydroxyl groups is 2. The lowest BCUT2D eigenvalue weighted by atomic mass is 9.90. The molecule has 2 heterocycles. The zero-order chi connectivity index (χ0) is 58.7. The van der Waals surface area contributed by atoms with Crippen molar-refractivity contribution < 1.29 is 83.1 Å². The Morgan fingerprint density at radius 3 is 1.32 bits per heavy atom. The number of aliphatic hydroxyl groups excluding tert-OH is 2. The summed E-state index contributed by atoms with van der Waals surface area (Å²) < 4.78 is 124. The fourth-order valence-corrected chi connectivity index (χ4v) is 11.8. The van der Waals surface area contributed by atoms with Gasteiger partial charge in [0.1, 0.15) is 32.8 Å². The van der Waals surface area contributed by atoms with Crippen molar-refractivity contribution in [1.82, 2.24) is 8.61 Å². The van der Waals surface area contributed by atoms with Crippen LogP contribution in [0.1, 0.15) is 38.5 Å². The zero-order valence-corrected chi connectivity index (χ0v) is 50.0. The Balaban J connectivity index is 0.000000239. The van der Waals surface area contributed by atoms with Crippen LogP contribution in [0.2, 0.25) is 20.1 Å². The molecule has 79 heavy (non-hydrogen) atoms. The number of alkyl halides is 4. The lowest BCUT2D eigenvalue weighted by molar-refractivity contribution is -0.126. The molecule has 34 heteroatoms. The van der Waals surface area contributed by atoms with E-state index in [0.29, 0.717) is 22.9 Å². The van der Waals surface area contributed by atoms with Crippen molar-refractivity contribution >= 4 is 163 Å². The molecule has 20 nitrogen and oxygen atoms in total. The first kappa shape index (κ1) is 64.0. The number of rotatable bonds is 15. The molecule has 2 amide bonds. The second-order valence-corrected chi connectivity index (χ2v) is 29.1. The summed E-state index contributed by atoms with van der Waals surface area (Å²) in [6.07, 6.45) is -7.98. The van der Waals surface area contributed by atoms with Crippen molar-refractivity contribution in [3.8, 4) is 34.5 Å². The number of hydrazone groups is 2.